The van der Waals surface area contributed by atoms with Crippen molar-refractivity contribution < 1.29 is 18.8 Å². The molecule has 1 atom stereocenters. The molecule has 2 aliphatic rings. The van der Waals surface area contributed by atoms with Crippen molar-refractivity contribution in [3.8, 4) is 0 Å². The summed E-state index contributed by atoms with van der Waals surface area (Å²) >= 11 is 6.04. The van der Waals surface area contributed by atoms with E-state index in [1.54, 1.807) is 0 Å². The number of morpholine rings is 2. The minimum absolute atomic E-state index is 0.525. The summed E-state index contributed by atoms with van der Waals surface area (Å²) in [7, 11) is -3.06. The predicted molar refractivity (Wildman–Crippen MR) is 68.1 cm³/mol. The fourth-order valence-electron chi connectivity index (χ4n) is 2.25. The highest BCUT2D eigenvalue weighted by molar-refractivity contribution is 7.62. The fraction of sp³-hybridized carbons (Fsp3) is 0.900. The second kappa shape index (κ2) is 6.46. The molecule has 6 nitrogen and oxygen atoms in total. The molecule has 0 aliphatic carbocycles. The molecule has 8 heteroatoms. The summed E-state index contributed by atoms with van der Waals surface area (Å²) in [5, 5.41) is -0.992. The molecule has 104 valence electrons. The van der Waals surface area contributed by atoms with Crippen LogP contribution in [0.1, 0.15) is 0 Å². The molecule has 0 saturated carbocycles. The van der Waals surface area contributed by atoms with Crippen LogP contribution >= 0.6 is 19.0 Å². The van der Waals surface area contributed by atoms with Crippen LogP contribution in [0.2, 0.25) is 0 Å². The molecule has 2 heterocycles. The summed E-state index contributed by atoms with van der Waals surface area (Å²) in [5.41, 5.74) is 0. The summed E-state index contributed by atoms with van der Waals surface area (Å²) in [6.07, 6.45) is 0.577. The van der Waals surface area contributed by atoms with E-state index < -0.39 is 12.6 Å². The zero-order valence-electron chi connectivity index (χ0n) is 10.2. The van der Waals surface area contributed by atoms with Gasteiger partial charge in [0.05, 0.1) is 26.4 Å². The SMILES string of the molecule is O=C[C@H](Cl)P(=O)(N1CCOCC1)N1CCOCC1. The van der Waals surface area contributed by atoms with Crippen LogP contribution in [0.3, 0.4) is 0 Å². The van der Waals surface area contributed by atoms with E-state index in [1.165, 1.54) is 0 Å². The molecule has 2 aliphatic heterocycles. The molecule has 0 spiro atoms. The van der Waals surface area contributed by atoms with Crippen LogP contribution in [0.4, 0.5) is 0 Å². The van der Waals surface area contributed by atoms with Crippen molar-refractivity contribution in [2.45, 2.75) is 5.12 Å². The number of nitrogens with zero attached hydrogens (tertiary/aromatic N) is 2. The van der Waals surface area contributed by atoms with Crippen molar-refractivity contribution >= 4 is 25.3 Å². The Labute approximate surface area is 112 Å². The highest BCUT2D eigenvalue weighted by Gasteiger charge is 2.44. The molecule has 18 heavy (non-hydrogen) atoms. The minimum atomic E-state index is -3.06. The van der Waals surface area contributed by atoms with Crippen LogP contribution in [0.15, 0.2) is 0 Å². The molecular weight excluding hydrogens is 279 g/mol. The highest BCUT2D eigenvalue weighted by atomic mass is 35.5. The molecule has 2 rings (SSSR count). The topological polar surface area (TPSA) is 59.1 Å². The fourth-order valence-corrected chi connectivity index (χ4v) is 5.60. The Hall–Kier alpha value is 0.0300. The van der Waals surface area contributed by atoms with E-state index in [9.17, 15) is 9.36 Å². The van der Waals surface area contributed by atoms with Gasteiger partial charge in [-0.15, -0.1) is 11.6 Å². The van der Waals surface area contributed by atoms with Gasteiger partial charge in [-0.25, -0.2) is 9.34 Å². The van der Waals surface area contributed by atoms with Gasteiger partial charge in [0.15, 0.2) is 5.12 Å². The number of alkyl halides is 1. The van der Waals surface area contributed by atoms with Crippen LogP contribution < -0.4 is 0 Å². The van der Waals surface area contributed by atoms with Crippen molar-refractivity contribution in [1.29, 1.82) is 0 Å². The molecular formula is C10H18ClN2O4P. The zero-order valence-corrected chi connectivity index (χ0v) is 11.8. The molecule has 0 aromatic heterocycles. The number of carbonyl (C=O) groups is 1. The third-order valence-electron chi connectivity index (χ3n) is 3.22. The lowest BCUT2D eigenvalue weighted by molar-refractivity contribution is -0.106. The van der Waals surface area contributed by atoms with Crippen LogP contribution in [-0.4, -0.2) is 73.4 Å². The smallest absolute Gasteiger partial charge is 0.241 e. The predicted octanol–water partition coefficient (Wildman–Crippen LogP) is 0.608. The van der Waals surface area contributed by atoms with Gasteiger partial charge in [-0.3, -0.25) is 4.57 Å². The van der Waals surface area contributed by atoms with Gasteiger partial charge in [-0.1, -0.05) is 0 Å². The number of hydrogen-bond acceptors (Lipinski definition) is 4. The highest BCUT2D eigenvalue weighted by Crippen LogP contribution is 2.58. The molecule has 2 saturated heterocycles. The number of halogens is 1. The van der Waals surface area contributed by atoms with E-state index in [2.05, 4.69) is 0 Å². The van der Waals surface area contributed by atoms with E-state index in [4.69, 9.17) is 21.1 Å². The molecule has 0 amide bonds. The zero-order chi connectivity index (χ0) is 13.0. The van der Waals surface area contributed by atoms with Crippen LogP contribution in [0, 0.1) is 0 Å². The summed E-state index contributed by atoms with van der Waals surface area (Å²) in [6.45, 7) is 4.29. The Morgan fingerprint density at radius 2 is 1.39 bits per heavy atom. The van der Waals surface area contributed by atoms with Crippen LogP contribution in [0.25, 0.3) is 0 Å². The van der Waals surface area contributed by atoms with Gasteiger partial charge in [-0.2, -0.15) is 0 Å². The first-order chi connectivity index (χ1) is 8.69. The number of aldehydes is 1. The number of carbonyl (C=O) groups excluding carboxylic acids is 1. The molecule has 2 fully saturated rings. The first-order valence-corrected chi connectivity index (χ1v) is 8.17. The van der Waals surface area contributed by atoms with Crippen molar-refractivity contribution in [1.82, 2.24) is 9.34 Å². The minimum Gasteiger partial charge on any atom is -0.379 e. The Bertz CT molecular complexity index is 310. The molecule has 0 N–H and O–H groups in total. The van der Waals surface area contributed by atoms with E-state index in [0.717, 1.165) is 0 Å². The summed E-state index contributed by atoms with van der Waals surface area (Å²) in [4.78, 5) is 11.0. The van der Waals surface area contributed by atoms with Gasteiger partial charge >= 0.3 is 0 Å². The summed E-state index contributed by atoms with van der Waals surface area (Å²) in [6, 6.07) is 0. The van der Waals surface area contributed by atoms with Crippen molar-refractivity contribution in [3.05, 3.63) is 0 Å². The number of rotatable bonds is 4. The second-order valence-corrected chi connectivity index (χ2v) is 7.87. The monoisotopic (exact) mass is 296 g/mol. The lowest BCUT2D eigenvalue weighted by Gasteiger charge is -2.43. The Balaban J connectivity index is 2.20. The van der Waals surface area contributed by atoms with E-state index in [0.29, 0.717) is 58.9 Å². The maximum Gasteiger partial charge on any atom is 0.241 e. The molecule has 0 aromatic carbocycles. The normalized spacial score (nSPS) is 25.8. The van der Waals surface area contributed by atoms with Gasteiger partial charge < -0.3 is 14.3 Å². The third kappa shape index (κ3) is 2.79. The number of ether oxygens (including phenoxy) is 2. The summed E-state index contributed by atoms with van der Waals surface area (Å²) < 4.78 is 27.4. The second-order valence-electron chi connectivity index (χ2n) is 4.23. The third-order valence-corrected chi connectivity index (χ3v) is 7.27. The lowest BCUT2D eigenvalue weighted by atomic mass is 10.5. The van der Waals surface area contributed by atoms with Crippen molar-refractivity contribution in [2.24, 2.45) is 0 Å². The van der Waals surface area contributed by atoms with Gasteiger partial charge in [0.1, 0.15) is 6.29 Å². The number of hydrogen-bond donors (Lipinski definition) is 0. The first kappa shape index (κ1) is 14.4. The van der Waals surface area contributed by atoms with Crippen LogP contribution in [0.5, 0.6) is 0 Å². The average molecular weight is 297 g/mol. The van der Waals surface area contributed by atoms with E-state index in [-0.39, 0.29) is 0 Å². The Morgan fingerprint density at radius 3 is 1.72 bits per heavy atom. The first-order valence-electron chi connectivity index (χ1n) is 6.05. The maximum absolute atomic E-state index is 13.2. The van der Waals surface area contributed by atoms with Gasteiger partial charge in [-0.05, 0) is 0 Å². The largest absolute Gasteiger partial charge is 0.379 e. The summed E-state index contributed by atoms with van der Waals surface area (Å²) in [5.74, 6) is 0. The van der Waals surface area contributed by atoms with Crippen molar-refractivity contribution in [3.63, 3.8) is 0 Å². The molecule has 0 radical (unpaired) electrons. The lowest BCUT2D eigenvalue weighted by Crippen LogP contribution is -2.45. The van der Waals surface area contributed by atoms with E-state index >= 15 is 0 Å². The van der Waals surface area contributed by atoms with Gasteiger partial charge in [0.2, 0.25) is 7.44 Å². The van der Waals surface area contributed by atoms with Gasteiger partial charge in [0, 0.05) is 26.2 Å². The van der Waals surface area contributed by atoms with Gasteiger partial charge in [0.25, 0.3) is 0 Å². The van der Waals surface area contributed by atoms with E-state index in [1.807, 2.05) is 9.34 Å². The maximum atomic E-state index is 13.2. The molecule has 0 aromatic rings. The molecule has 0 unspecified atom stereocenters. The van der Waals surface area contributed by atoms with Crippen molar-refractivity contribution in [2.75, 3.05) is 52.6 Å². The van der Waals surface area contributed by atoms with Crippen LogP contribution in [-0.2, 0) is 18.8 Å². The quantitative estimate of drug-likeness (QED) is 0.430. The Morgan fingerprint density at radius 1 is 1.00 bits per heavy atom. The molecule has 0 bridgehead atoms. The average Bonchev–Trinajstić information content (AvgIpc) is 2.47. The standard InChI is InChI=1S/C10H18ClN2O4P/c11-10(9-14)18(15,12-1-5-16-6-2-12)13-3-7-17-8-4-13/h9-10H,1-8H2/t10-/m1/s1. The Kier molecular flexibility index (Phi) is 5.18.